The van der Waals surface area contributed by atoms with Crippen LogP contribution in [0.25, 0.3) is 22.2 Å². The van der Waals surface area contributed by atoms with Gasteiger partial charge in [-0.05, 0) is 25.8 Å². The summed E-state index contributed by atoms with van der Waals surface area (Å²) in [6.45, 7) is 1.82. The van der Waals surface area contributed by atoms with Crippen LogP contribution in [0.1, 0.15) is 37.0 Å². The number of aryl methyl sites for hydroxylation is 1. The Morgan fingerprint density at radius 1 is 1.14 bits per heavy atom. The van der Waals surface area contributed by atoms with Crippen LogP contribution in [0.3, 0.4) is 0 Å². The number of rotatable bonds is 5. The van der Waals surface area contributed by atoms with E-state index in [1.165, 1.54) is 17.8 Å². The van der Waals surface area contributed by atoms with Crippen molar-refractivity contribution in [1.82, 2.24) is 14.4 Å². The third kappa shape index (κ3) is 3.64. The molecule has 0 spiro atoms. The van der Waals surface area contributed by atoms with Gasteiger partial charge in [-0.1, -0.05) is 54.8 Å². The van der Waals surface area contributed by atoms with Gasteiger partial charge in [0.25, 0.3) is 5.89 Å². The number of hydrogen-bond acceptors (Lipinski definition) is 6. The fourth-order valence-electron chi connectivity index (χ4n) is 3.65. The summed E-state index contributed by atoms with van der Waals surface area (Å²) in [4.78, 5) is 6.18. The first-order chi connectivity index (χ1) is 13.5. The average molecular weight is 418 g/mol. The van der Waals surface area contributed by atoms with Gasteiger partial charge >= 0.3 is 0 Å². The van der Waals surface area contributed by atoms with E-state index in [4.69, 9.17) is 4.52 Å². The Kier molecular flexibility index (Phi) is 5.35. The molecule has 0 saturated heterocycles. The number of benzene rings is 1. The van der Waals surface area contributed by atoms with Gasteiger partial charge < -0.3 is 4.52 Å². The van der Waals surface area contributed by atoms with Gasteiger partial charge in [-0.3, -0.25) is 0 Å². The Labute approximate surface area is 169 Å². The summed E-state index contributed by atoms with van der Waals surface area (Å²) in [5.41, 5.74) is 0.857. The second kappa shape index (κ2) is 7.77. The van der Waals surface area contributed by atoms with Crippen LogP contribution in [0, 0.1) is 6.92 Å². The van der Waals surface area contributed by atoms with Crippen molar-refractivity contribution < 1.29 is 12.9 Å². The van der Waals surface area contributed by atoms with Crippen LogP contribution in [0.4, 0.5) is 0 Å². The molecule has 148 valence electrons. The minimum absolute atomic E-state index is 0.0783. The Bertz CT molecular complexity index is 1050. The standard InChI is InChI=1S/C20H23N3O3S2/c1-14-18(28(24,25)23(2)16-11-7-4-8-12-16)13-17(27-14)20-21-19(22-26-20)15-9-5-3-6-10-15/h3,5-6,9-10,13,16H,4,7-8,11-12H2,1-2H3. The number of hydrogen-bond donors (Lipinski definition) is 0. The van der Waals surface area contributed by atoms with E-state index >= 15 is 0 Å². The maximum atomic E-state index is 13.2. The zero-order valence-corrected chi connectivity index (χ0v) is 17.6. The molecule has 0 atom stereocenters. The second-order valence-corrected chi connectivity index (χ2v) is 10.4. The molecule has 0 bridgehead atoms. The van der Waals surface area contributed by atoms with Gasteiger partial charge in [0.1, 0.15) is 0 Å². The van der Waals surface area contributed by atoms with Crippen molar-refractivity contribution in [2.45, 2.75) is 50.0 Å². The molecule has 1 aliphatic rings. The second-order valence-electron chi connectivity index (χ2n) is 7.13. The molecule has 1 aliphatic carbocycles. The smallest absolute Gasteiger partial charge is 0.268 e. The van der Waals surface area contributed by atoms with Crippen LogP contribution in [-0.4, -0.2) is 36.0 Å². The van der Waals surface area contributed by atoms with E-state index in [2.05, 4.69) is 10.1 Å². The lowest BCUT2D eigenvalue weighted by Crippen LogP contribution is -2.38. The third-order valence-electron chi connectivity index (χ3n) is 5.29. The maximum Gasteiger partial charge on any atom is 0.268 e. The molecule has 3 aromatic rings. The predicted molar refractivity (Wildman–Crippen MR) is 110 cm³/mol. The summed E-state index contributed by atoms with van der Waals surface area (Å²) in [7, 11) is -1.85. The molecule has 2 aromatic heterocycles. The molecule has 1 fully saturated rings. The van der Waals surface area contributed by atoms with Gasteiger partial charge in [0.15, 0.2) is 0 Å². The highest BCUT2D eigenvalue weighted by atomic mass is 32.2. The molecule has 8 heteroatoms. The summed E-state index contributed by atoms with van der Waals surface area (Å²) < 4.78 is 33.3. The van der Waals surface area contributed by atoms with Gasteiger partial charge in [0.05, 0.1) is 9.77 Å². The zero-order chi connectivity index (χ0) is 19.7. The summed E-state index contributed by atoms with van der Waals surface area (Å²) in [5, 5.41) is 4.03. The molecular formula is C20H23N3O3S2. The monoisotopic (exact) mass is 417 g/mol. The van der Waals surface area contributed by atoms with Crippen molar-refractivity contribution in [1.29, 1.82) is 0 Å². The quantitative estimate of drug-likeness (QED) is 0.600. The topological polar surface area (TPSA) is 76.3 Å². The van der Waals surface area contributed by atoms with Gasteiger partial charge in [0, 0.05) is 23.5 Å². The number of sulfonamides is 1. The van der Waals surface area contributed by atoms with E-state index < -0.39 is 10.0 Å². The van der Waals surface area contributed by atoms with E-state index in [1.54, 1.807) is 17.4 Å². The zero-order valence-electron chi connectivity index (χ0n) is 16.0. The van der Waals surface area contributed by atoms with Crippen LogP contribution >= 0.6 is 11.3 Å². The molecule has 4 rings (SSSR count). The van der Waals surface area contributed by atoms with E-state index in [9.17, 15) is 8.42 Å². The highest BCUT2D eigenvalue weighted by molar-refractivity contribution is 7.89. The van der Waals surface area contributed by atoms with Gasteiger partial charge in [-0.15, -0.1) is 11.3 Å². The van der Waals surface area contributed by atoms with E-state index in [-0.39, 0.29) is 6.04 Å². The Balaban J connectivity index is 1.63. The van der Waals surface area contributed by atoms with Crippen molar-refractivity contribution in [2.24, 2.45) is 0 Å². The summed E-state index contributed by atoms with van der Waals surface area (Å²) in [6, 6.07) is 11.3. The first-order valence-corrected chi connectivity index (χ1v) is 11.7. The largest absolute Gasteiger partial charge is 0.333 e. The first-order valence-electron chi connectivity index (χ1n) is 9.45. The van der Waals surface area contributed by atoms with Crippen LogP contribution in [0.15, 0.2) is 45.8 Å². The molecule has 0 unspecified atom stereocenters. The summed E-state index contributed by atoms with van der Waals surface area (Å²) in [6.07, 6.45) is 5.21. The van der Waals surface area contributed by atoms with Crippen molar-refractivity contribution in [2.75, 3.05) is 7.05 Å². The first kappa shape index (κ1) is 19.3. The maximum absolute atomic E-state index is 13.2. The van der Waals surface area contributed by atoms with Crippen molar-refractivity contribution in [3.63, 3.8) is 0 Å². The van der Waals surface area contributed by atoms with Crippen molar-refractivity contribution in [3.8, 4) is 22.2 Å². The summed E-state index contributed by atoms with van der Waals surface area (Å²) >= 11 is 1.36. The lowest BCUT2D eigenvalue weighted by atomic mass is 9.96. The van der Waals surface area contributed by atoms with Gasteiger partial charge in [-0.2, -0.15) is 9.29 Å². The third-order valence-corrected chi connectivity index (χ3v) is 8.49. The molecular weight excluding hydrogens is 394 g/mol. The van der Waals surface area contributed by atoms with Gasteiger partial charge in [0.2, 0.25) is 15.8 Å². The molecule has 1 aromatic carbocycles. The lowest BCUT2D eigenvalue weighted by Gasteiger charge is -2.30. The lowest BCUT2D eigenvalue weighted by molar-refractivity contribution is 0.286. The Hall–Kier alpha value is -2.03. The normalized spacial score (nSPS) is 16.0. The molecule has 2 heterocycles. The number of thiophene rings is 1. The molecule has 0 radical (unpaired) electrons. The predicted octanol–water partition coefficient (Wildman–Crippen LogP) is 4.73. The fourth-order valence-corrected chi connectivity index (χ4v) is 6.55. The van der Waals surface area contributed by atoms with Crippen LogP contribution in [0.5, 0.6) is 0 Å². The van der Waals surface area contributed by atoms with Gasteiger partial charge in [-0.25, -0.2) is 8.42 Å². The minimum atomic E-state index is -3.55. The summed E-state index contributed by atoms with van der Waals surface area (Å²) in [5.74, 6) is 0.833. The molecule has 0 aliphatic heterocycles. The molecule has 6 nitrogen and oxygen atoms in total. The highest BCUT2D eigenvalue weighted by Crippen LogP contribution is 2.36. The highest BCUT2D eigenvalue weighted by Gasteiger charge is 2.32. The fraction of sp³-hybridized carbons (Fsp3) is 0.400. The van der Waals surface area contributed by atoms with Crippen LogP contribution < -0.4 is 0 Å². The van der Waals surface area contributed by atoms with Crippen LogP contribution in [0.2, 0.25) is 0 Å². The average Bonchev–Trinajstić information content (AvgIpc) is 3.36. The van der Waals surface area contributed by atoms with E-state index in [1.807, 2.05) is 37.3 Å². The Morgan fingerprint density at radius 2 is 1.86 bits per heavy atom. The molecule has 0 amide bonds. The number of aromatic nitrogens is 2. The van der Waals surface area contributed by atoms with E-state index in [0.717, 1.165) is 36.1 Å². The molecule has 28 heavy (non-hydrogen) atoms. The Morgan fingerprint density at radius 3 is 2.57 bits per heavy atom. The minimum Gasteiger partial charge on any atom is -0.333 e. The van der Waals surface area contributed by atoms with Crippen LogP contribution in [-0.2, 0) is 10.0 Å². The SMILES string of the molecule is Cc1sc(-c2nc(-c3ccccc3)no2)cc1S(=O)(=O)N(C)C1CCCCC1. The van der Waals surface area contributed by atoms with E-state index in [0.29, 0.717) is 21.5 Å². The van der Waals surface area contributed by atoms with Crippen molar-refractivity contribution >= 4 is 21.4 Å². The number of nitrogens with zero attached hydrogens (tertiary/aromatic N) is 3. The van der Waals surface area contributed by atoms with Crippen molar-refractivity contribution in [3.05, 3.63) is 41.3 Å². The molecule has 0 N–H and O–H groups in total. The molecule has 1 saturated carbocycles.